The molecule has 1 heterocycles. The quantitative estimate of drug-likeness (QED) is 0.784. The monoisotopic (exact) mass is 369 g/mol. The molecule has 0 aliphatic carbocycles. The van der Waals surface area contributed by atoms with Crippen LogP contribution in [-0.2, 0) is 22.1 Å². The van der Waals surface area contributed by atoms with Gasteiger partial charge in [-0.3, -0.25) is 0 Å². The minimum Gasteiger partial charge on any atom is -0.427 e. The predicted molar refractivity (Wildman–Crippen MR) is 102 cm³/mol. The summed E-state index contributed by atoms with van der Waals surface area (Å²) in [7, 11) is 2.34. The normalized spacial score (nSPS) is 19.9. The van der Waals surface area contributed by atoms with E-state index in [2.05, 4.69) is 21.7 Å². The Bertz CT molecular complexity index is 555. The first kappa shape index (κ1) is 19.9. The van der Waals surface area contributed by atoms with Gasteiger partial charge in [-0.2, -0.15) is 0 Å². The number of piperidine rings is 1. The van der Waals surface area contributed by atoms with E-state index in [0.717, 1.165) is 37.4 Å². The van der Waals surface area contributed by atoms with Gasteiger partial charge in [-0.05, 0) is 70.8 Å². The van der Waals surface area contributed by atoms with Crippen LogP contribution < -0.4 is 4.72 Å². The summed E-state index contributed by atoms with van der Waals surface area (Å²) < 4.78 is 21.0. The van der Waals surface area contributed by atoms with Gasteiger partial charge in [0.1, 0.15) is 0 Å². The van der Waals surface area contributed by atoms with Crippen molar-refractivity contribution in [2.45, 2.75) is 50.3 Å². The van der Waals surface area contributed by atoms with Crippen LogP contribution >= 0.6 is 11.6 Å². The number of hydrogen-bond donors (Lipinski definition) is 1. The van der Waals surface area contributed by atoms with E-state index in [1.807, 2.05) is 32.9 Å². The smallest absolute Gasteiger partial charge is 0.398 e. The van der Waals surface area contributed by atoms with Gasteiger partial charge in [0.05, 0.1) is 15.7 Å². The first-order valence-electron chi connectivity index (χ1n) is 8.28. The zero-order chi connectivity index (χ0) is 17.8. The lowest BCUT2D eigenvalue weighted by Crippen LogP contribution is -2.57. The van der Waals surface area contributed by atoms with Crippen LogP contribution in [0, 0.1) is 0 Å². The highest BCUT2D eigenvalue weighted by molar-refractivity contribution is 7.84. The number of nitrogens with zero attached hydrogens (tertiary/aromatic N) is 1. The van der Waals surface area contributed by atoms with Crippen molar-refractivity contribution in [3.63, 3.8) is 0 Å². The van der Waals surface area contributed by atoms with Crippen LogP contribution in [0.1, 0.15) is 39.2 Å². The van der Waals surface area contributed by atoms with E-state index in [0.29, 0.717) is 0 Å². The summed E-state index contributed by atoms with van der Waals surface area (Å²) in [5.74, 6) is 0. The second-order valence-corrected chi connectivity index (χ2v) is 9.85. The second kappa shape index (κ2) is 8.32. The molecule has 0 bridgehead atoms. The molecular formula is C17H27BClN2O2S. The molecule has 0 aromatic heterocycles. The molecule has 2 rings (SSSR count). The third-order valence-corrected chi connectivity index (χ3v) is 6.31. The van der Waals surface area contributed by atoms with E-state index >= 15 is 0 Å². The molecule has 1 aliphatic heterocycles. The molecule has 1 atom stereocenters. The maximum Gasteiger partial charge on any atom is 0.398 e. The number of hydrogen-bond acceptors (Lipinski definition) is 3. The van der Waals surface area contributed by atoms with Gasteiger partial charge in [0.15, 0.2) is 0 Å². The topological polar surface area (TPSA) is 41.6 Å². The molecule has 0 amide bonds. The summed E-state index contributed by atoms with van der Waals surface area (Å²) in [6.45, 7) is 7.77. The molecule has 1 fully saturated rings. The lowest BCUT2D eigenvalue weighted by Gasteiger charge is -2.43. The van der Waals surface area contributed by atoms with Gasteiger partial charge in [0, 0.05) is 17.7 Å². The van der Waals surface area contributed by atoms with Crippen LogP contribution in [0.3, 0.4) is 0 Å². The van der Waals surface area contributed by atoms with Crippen LogP contribution in [0.2, 0.25) is 5.02 Å². The first-order chi connectivity index (χ1) is 11.2. The molecule has 0 spiro atoms. The van der Waals surface area contributed by atoms with Gasteiger partial charge in [0.25, 0.3) is 0 Å². The van der Waals surface area contributed by atoms with E-state index < -0.39 is 11.0 Å². The van der Waals surface area contributed by atoms with Crippen LogP contribution in [0.5, 0.6) is 0 Å². The van der Waals surface area contributed by atoms with E-state index in [4.69, 9.17) is 16.3 Å². The highest BCUT2D eigenvalue weighted by Gasteiger charge is 2.38. The van der Waals surface area contributed by atoms with Gasteiger partial charge in [-0.15, -0.1) is 0 Å². The fourth-order valence-electron chi connectivity index (χ4n) is 2.86. The van der Waals surface area contributed by atoms with Crippen molar-refractivity contribution in [3.05, 3.63) is 34.9 Å². The van der Waals surface area contributed by atoms with Crippen LogP contribution in [-0.4, -0.2) is 47.1 Å². The molecule has 1 aromatic carbocycles. The van der Waals surface area contributed by atoms with Crippen molar-refractivity contribution in [1.29, 1.82) is 0 Å². The molecule has 1 radical (unpaired) electrons. The van der Waals surface area contributed by atoms with E-state index in [1.165, 1.54) is 5.56 Å². The Labute approximate surface area is 154 Å². The minimum absolute atomic E-state index is 0.177. The zero-order valence-corrected chi connectivity index (χ0v) is 16.5. The largest absolute Gasteiger partial charge is 0.427 e. The summed E-state index contributed by atoms with van der Waals surface area (Å²) in [5.41, 5.74) is 1.03. The number of rotatable bonds is 6. The number of nitrogens with one attached hydrogen (secondary N) is 1. The van der Waals surface area contributed by atoms with Gasteiger partial charge < -0.3 is 9.47 Å². The van der Waals surface area contributed by atoms with Crippen molar-refractivity contribution in [2.75, 3.05) is 20.2 Å². The average Bonchev–Trinajstić information content (AvgIpc) is 2.51. The Balaban J connectivity index is 2.15. The Hall–Kier alpha value is -0.395. The second-order valence-electron chi connectivity index (χ2n) is 7.44. The third kappa shape index (κ3) is 5.56. The highest BCUT2D eigenvalue weighted by atomic mass is 35.5. The zero-order valence-electron chi connectivity index (χ0n) is 15.0. The molecule has 1 aromatic rings. The molecular weight excluding hydrogens is 343 g/mol. The summed E-state index contributed by atoms with van der Waals surface area (Å²) in [6.07, 6.45) is 2.67. The molecule has 1 saturated heterocycles. The first-order valence-corrected chi connectivity index (χ1v) is 9.81. The Morgan fingerprint density at radius 3 is 2.38 bits per heavy atom. The van der Waals surface area contributed by atoms with Crippen molar-refractivity contribution < 1.29 is 8.86 Å². The SMILES string of the molecule is CO[B]N1CCC(Cc2ccc(Cl)cc2)(NS(=O)C(C)(C)C)CC1. The van der Waals surface area contributed by atoms with Gasteiger partial charge in [-0.25, -0.2) is 8.93 Å². The molecule has 4 nitrogen and oxygen atoms in total. The summed E-state index contributed by atoms with van der Waals surface area (Å²) in [4.78, 5) is 2.17. The summed E-state index contributed by atoms with van der Waals surface area (Å²) in [6, 6.07) is 7.94. The average molecular weight is 370 g/mol. The highest BCUT2D eigenvalue weighted by Crippen LogP contribution is 2.29. The maximum absolute atomic E-state index is 12.7. The lowest BCUT2D eigenvalue weighted by atomic mass is 9.81. The van der Waals surface area contributed by atoms with E-state index in [-0.39, 0.29) is 10.3 Å². The maximum atomic E-state index is 12.7. The Morgan fingerprint density at radius 1 is 1.29 bits per heavy atom. The van der Waals surface area contributed by atoms with Crippen LogP contribution in [0.4, 0.5) is 0 Å². The summed E-state index contributed by atoms with van der Waals surface area (Å²) in [5, 5.41) is 0.739. The predicted octanol–water partition coefficient (Wildman–Crippen LogP) is 2.95. The Morgan fingerprint density at radius 2 is 1.88 bits per heavy atom. The molecule has 1 unspecified atom stereocenters. The van der Waals surface area contributed by atoms with Gasteiger partial charge in [-0.1, -0.05) is 23.7 Å². The van der Waals surface area contributed by atoms with Crippen molar-refractivity contribution in [2.24, 2.45) is 0 Å². The van der Waals surface area contributed by atoms with E-state index in [9.17, 15) is 4.21 Å². The minimum atomic E-state index is -1.10. The van der Waals surface area contributed by atoms with E-state index in [1.54, 1.807) is 14.7 Å². The molecule has 1 N–H and O–H groups in total. The third-order valence-electron chi connectivity index (χ3n) is 4.33. The molecule has 24 heavy (non-hydrogen) atoms. The number of benzene rings is 1. The molecule has 133 valence electrons. The van der Waals surface area contributed by atoms with Crippen molar-refractivity contribution in [1.82, 2.24) is 9.53 Å². The van der Waals surface area contributed by atoms with Crippen LogP contribution in [0.25, 0.3) is 0 Å². The molecule has 1 aliphatic rings. The van der Waals surface area contributed by atoms with Gasteiger partial charge >= 0.3 is 7.62 Å². The van der Waals surface area contributed by atoms with Crippen molar-refractivity contribution in [3.8, 4) is 0 Å². The Kier molecular flexibility index (Phi) is 6.91. The standard InChI is InChI=1S/C17H27BClN2O2S/c1-16(2,3)24(22)20-17(9-11-21(12-10-17)18-23-4)13-14-5-7-15(19)8-6-14/h5-8,20H,9-13H2,1-4H3. The fraction of sp³-hybridized carbons (Fsp3) is 0.647. The van der Waals surface area contributed by atoms with Crippen molar-refractivity contribution >= 4 is 30.2 Å². The number of halogens is 1. The fourth-order valence-corrected chi connectivity index (χ4v) is 3.97. The molecule has 7 heteroatoms. The van der Waals surface area contributed by atoms with Gasteiger partial charge in [0.2, 0.25) is 0 Å². The lowest BCUT2D eigenvalue weighted by molar-refractivity contribution is 0.202. The summed E-state index contributed by atoms with van der Waals surface area (Å²) >= 11 is 6.00. The van der Waals surface area contributed by atoms with Crippen LogP contribution in [0.15, 0.2) is 24.3 Å². The molecule has 0 saturated carbocycles.